The van der Waals surface area contributed by atoms with Crippen molar-refractivity contribution in [3.05, 3.63) is 17.5 Å². The summed E-state index contributed by atoms with van der Waals surface area (Å²) in [5.41, 5.74) is -1.33. The van der Waals surface area contributed by atoms with Gasteiger partial charge < -0.3 is 5.21 Å². The molecular weight excluding hydrogens is 187 g/mol. The van der Waals surface area contributed by atoms with E-state index in [2.05, 4.69) is 10.3 Å². The van der Waals surface area contributed by atoms with Gasteiger partial charge in [0.15, 0.2) is 5.69 Å². The highest BCUT2D eigenvalue weighted by Crippen LogP contribution is 2.29. The van der Waals surface area contributed by atoms with Crippen molar-refractivity contribution < 1.29 is 18.4 Å². The van der Waals surface area contributed by atoms with Crippen LogP contribution in [0.2, 0.25) is 0 Å². The zero-order valence-corrected chi connectivity index (χ0v) is 6.58. The van der Waals surface area contributed by atoms with E-state index >= 15 is 0 Å². The summed E-state index contributed by atoms with van der Waals surface area (Å²) in [6, 6.07) is 0. The molecule has 0 aliphatic rings. The van der Waals surface area contributed by atoms with E-state index < -0.39 is 11.9 Å². The summed E-state index contributed by atoms with van der Waals surface area (Å²) in [5.74, 6) is 0. The van der Waals surface area contributed by atoms with Gasteiger partial charge in [0.2, 0.25) is 0 Å². The van der Waals surface area contributed by atoms with Crippen LogP contribution in [0.3, 0.4) is 0 Å². The Morgan fingerprint density at radius 3 is 2.69 bits per heavy atom. The van der Waals surface area contributed by atoms with Gasteiger partial charge in [-0.3, -0.25) is 4.68 Å². The van der Waals surface area contributed by atoms with E-state index in [1.54, 1.807) is 0 Å². The van der Waals surface area contributed by atoms with E-state index in [0.29, 0.717) is 6.21 Å². The third kappa shape index (κ3) is 1.98. The summed E-state index contributed by atoms with van der Waals surface area (Å²) < 4.78 is 37.5. The molecule has 7 heteroatoms. The molecule has 0 spiro atoms. The molecule has 0 amide bonds. The van der Waals surface area contributed by atoms with Crippen LogP contribution in [-0.4, -0.2) is 21.2 Å². The molecule has 1 heterocycles. The van der Waals surface area contributed by atoms with Gasteiger partial charge in [0.1, 0.15) is 0 Å². The topological polar surface area (TPSA) is 50.4 Å². The number of aromatic nitrogens is 2. The van der Waals surface area contributed by atoms with Gasteiger partial charge in [-0.15, -0.1) is 0 Å². The third-order valence-corrected chi connectivity index (χ3v) is 1.32. The number of nitrogens with zero attached hydrogens (tertiary/aromatic N) is 3. The van der Waals surface area contributed by atoms with E-state index in [4.69, 9.17) is 5.21 Å². The summed E-state index contributed by atoms with van der Waals surface area (Å²) in [7, 11) is 1.35. The molecule has 1 rings (SSSR count). The third-order valence-electron chi connectivity index (χ3n) is 1.32. The Hall–Kier alpha value is -1.53. The number of oxime groups is 1. The van der Waals surface area contributed by atoms with Gasteiger partial charge in [0, 0.05) is 18.8 Å². The predicted octanol–water partition coefficient (Wildman–Crippen LogP) is 1.25. The summed E-state index contributed by atoms with van der Waals surface area (Å²) >= 11 is 0. The van der Waals surface area contributed by atoms with Gasteiger partial charge in [-0.25, -0.2) is 0 Å². The highest BCUT2D eigenvalue weighted by molar-refractivity contribution is 5.80. The highest BCUT2D eigenvalue weighted by atomic mass is 19.4. The minimum absolute atomic E-state index is 0.266. The molecule has 0 unspecified atom stereocenters. The van der Waals surface area contributed by atoms with Crippen LogP contribution in [-0.2, 0) is 13.2 Å². The molecule has 0 saturated carbocycles. The molecular formula is C6H6F3N3O. The second kappa shape index (κ2) is 3.08. The second-order valence-electron chi connectivity index (χ2n) is 2.35. The fourth-order valence-corrected chi connectivity index (χ4v) is 0.884. The minimum Gasteiger partial charge on any atom is -0.411 e. The minimum atomic E-state index is -4.53. The Kier molecular flexibility index (Phi) is 2.26. The van der Waals surface area contributed by atoms with Gasteiger partial charge in [-0.1, -0.05) is 5.16 Å². The molecule has 0 aliphatic heterocycles. The lowest BCUT2D eigenvalue weighted by atomic mass is 10.2. The Bertz CT molecular complexity index is 328. The van der Waals surface area contributed by atoms with Gasteiger partial charge >= 0.3 is 6.18 Å². The number of rotatable bonds is 1. The monoisotopic (exact) mass is 193 g/mol. The molecule has 0 saturated heterocycles. The maximum Gasteiger partial charge on any atom is 0.435 e. The Morgan fingerprint density at radius 2 is 2.23 bits per heavy atom. The van der Waals surface area contributed by atoms with Gasteiger partial charge in [-0.2, -0.15) is 18.3 Å². The fraction of sp³-hybridized carbons (Fsp3) is 0.333. The molecule has 0 fully saturated rings. The SMILES string of the molecule is Cn1cc(/C=N/O)c(C(F)(F)F)n1. The van der Waals surface area contributed by atoms with Crippen molar-refractivity contribution in [1.29, 1.82) is 0 Å². The van der Waals surface area contributed by atoms with Gasteiger partial charge in [0.05, 0.1) is 6.21 Å². The van der Waals surface area contributed by atoms with Crippen LogP contribution in [0, 0.1) is 0 Å². The standard InChI is InChI=1S/C6H6F3N3O/c1-12-3-4(2-10-13)5(11-12)6(7,8)9/h2-3,13H,1H3/b10-2+. The molecule has 1 aromatic heterocycles. The lowest BCUT2D eigenvalue weighted by molar-refractivity contribution is -0.141. The molecule has 72 valence electrons. The predicted molar refractivity (Wildman–Crippen MR) is 37.6 cm³/mol. The summed E-state index contributed by atoms with van der Waals surface area (Å²) in [6.45, 7) is 0. The first-order valence-corrected chi connectivity index (χ1v) is 3.23. The largest absolute Gasteiger partial charge is 0.435 e. The number of alkyl halides is 3. The van der Waals surface area contributed by atoms with Crippen LogP contribution in [0.15, 0.2) is 11.4 Å². The Labute approximate surface area is 71.3 Å². The molecule has 0 aromatic carbocycles. The van der Waals surface area contributed by atoms with Crippen molar-refractivity contribution in [2.24, 2.45) is 12.2 Å². The summed E-state index contributed by atoms with van der Waals surface area (Å²) in [5, 5.41) is 13.8. The van der Waals surface area contributed by atoms with E-state index in [0.717, 1.165) is 10.9 Å². The molecule has 0 radical (unpaired) electrons. The van der Waals surface area contributed by atoms with Crippen LogP contribution in [0.1, 0.15) is 11.3 Å². The average molecular weight is 193 g/mol. The van der Waals surface area contributed by atoms with Crippen LogP contribution < -0.4 is 0 Å². The Morgan fingerprint density at radius 1 is 1.62 bits per heavy atom. The van der Waals surface area contributed by atoms with Crippen LogP contribution in [0.4, 0.5) is 13.2 Å². The number of hydrogen-bond acceptors (Lipinski definition) is 3. The van der Waals surface area contributed by atoms with Crippen molar-refractivity contribution in [1.82, 2.24) is 9.78 Å². The van der Waals surface area contributed by atoms with E-state index in [9.17, 15) is 13.2 Å². The van der Waals surface area contributed by atoms with E-state index in [1.165, 1.54) is 7.05 Å². The van der Waals surface area contributed by atoms with E-state index in [-0.39, 0.29) is 5.56 Å². The summed E-state index contributed by atoms with van der Waals surface area (Å²) in [4.78, 5) is 0. The number of aryl methyl sites for hydroxylation is 1. The summed E-state index contributed by atoms with van der Waals surface area (Å²) in [6.07, 6.45) is -2.73. The number of halogens is 3. The van der Waals surface area contributed by atoms with Crippen LogP contribution in [0.25, 0.3) is 0 Å². The first kappa shape index (κ1) is 9.56. The Balaban J connectivity index is 3.19. The smallest absolute Gasteiger partial charge is 0.411 e. The van der Waals surface area contributed by atoms with Crippen molar-refractivity contribution in [3.63, 3.8) is 0 Å². The lowest BCUT2D eigenvalue weighted by Gasteiger charge is -2.01. The molecule has 0 aliphatic carbocycles. The quantitative estimate of drug-likeness (QED) is 0.414. The second-order valence-corrected chi connectivity index (χ2v) is 2.35. The molecule has 1 aromatic rings. The molecule has 0 bridgehead atoms. The zero-order chi connectivity index (χ0) is 10.1. The van der Waals surface area contributed by atoms with Crippen molar-refractivity contribution in [2.75, 3.05) is 0 Å². The number of hydrogen-bond donors (Lipinski definition) is 1. The fourth-order valence-electron chi connectivity index (χ4n) is 0.884. The average Bonchev–Trinajstić information content (AvgIpc) is 2.30. The first-order valence-electron chi connectivity index (χ1n) is 3.23. The maximum atomic E-state index is 12.2. The lowest BCUT2D eigenvalue weighted by Crippen LogP contribution is -2.09. The van der Waals surface area contributed by atoms with Gasteiger partial charge in [-0.05, 0) is 0 Å². The van der Waals surface area contributed by atoms with Gasteiger partial charge in [0.25, 0.3) is 0 Å². The van der Waals surface area contributed by atoms with Crippen LogP contribution >= 0.6 is 0 Å². The van der Waals surface area contributed by atoms with Crippen LogP contribution in [0.5, 0.6) is 0 Å². The molecule has 0 atom stereocenters. The van der Waals surface area contributed by atoms with Crippen molar-refractivity contribution in [2.45, 2.75) is 6.18 Å². The normalized spacial score (nSPS) is 12.6. The zero-order valence-electron chi connectivity index (χ0n) is 6.58. The van der Waals surface area contributed by atoms with Crippen molar-refractivity contribution >= 4 is 6.21 Å². The molecule has 4 nitrogen and oxygen atoms in total. The highest BCUT2D eigenvalue weighted by Gasteiger charge is 2.36. The first-order chi connectivity index (χ1) is 5.95. The molecule has 1 N–H and O–H groups in total. The van der Waals surface area contributed by atoms with E-state index in [1.807, 2.05) is 0 Å². The maximum absolute atomic E-state index is 12.2. The van der Waals surface area contributed by atoms with Crippen molar-refractivity contribution in [3.8, 4) is 0 Å². The molecule has 13 heavy (non-hydrogen) atoms.